The summed E-state index contributed by atoms with van der Waals surface area (Å²) in [5.74, 6) is 0. The minimum Gasteiger partial charge on any atom is -0.332 e. The van der Waals surface area contributed by atoms with Crippen molar-refractivity contribution in [3.8, 4) is 0 Å². The van der Waals surface area contributed by atoms with E-state index in [4.69, 9.17) is 0 Å². The zero-order valence-corrected chi connectivity index (χ0v) is 7.57. The predicted molar refractivity (Wildman–Crippen MR) is 48.6 cm³/mol. The fraction of sp³-hybridized carbons (Fsp3) is 0.500. The standard InChI is InChI=1S/C6H9N3.2ClH/c1-2-9(5-7-1)6-3-8-4-6;;/h1-2,5-6,8H,3-4H2;2*1H. The summed E-state index contributed by atoms with van der Waals surface area (Å²) < 4.78 is 2.14. The molecule has 1 aliphatic heterocycles. The van der Waals surface area contributed by atoms with Gasteiger partial charge in [-0.05, 0) is 0 Å². The Morgan fingerprint density at radius 3 is 2.45 bits per heavy atom. The second kappa shape index (κ2) is 4.59. The van der Waals surface area contributed by atoms with E-state index >= 15 is 0 Å². The van der Waals surface area contributed by atoms with E-state index in [1.54, 1.807) is 0 Å². The van der Waals surface area contributed by atoms with E-state index in [2.05, 4.69) is 14.9 Å². The predicted octanol–water partition coefficient (Wildman–Crippen LogP) is 0.871. The molecule has 1 fully saturated rings. The zero-order valence-electron chi connectivity index (χ0n) is 5.93. The molecule has 1 aliphatic rings. The van der Waals surface area contributed by atoms with E-state index in [0.717, 1.165) is 13.1 Å². The summed E-state index contributed by atoms with van der Waals surface area (Å²) in [6, 6.07) is 0.660. The topological polar surface area (TPSA) is 29.9 Å². The van der Waals surface area contributed by atoms with E-state index in [9.17, 15) is 0 Å². The summed E-state index contributed by atoms with van der Waals surface area (Å²) in [6.07, 6.45) is 5.69. The molecule has 64 valence electrons. The van der Waals surface area contributed by atoms with Crippen LogP contribution in [-0.2, 0) is 0 Å². The van der Waals surface area contributed by atoms with E-state index in [0.29, 0.717) is 6.04 Å². The van der Waals surface area contributed by atoms with Crippen LogP contribution in [0.5, 0.6) is 0 Å². The summed E-state index contributed by atoms with van der Waals surface area (Å²) in [5, 5.41) is 3.20. The maximum atomic E-state index is 3.96. The van der Waals surface area contributed by atoms with Crippen LogP contribution < -0.4 is 5.32 Å². The molecule has 0 aromatic carbocycles. The van der Waals surface area contributed by atoms with Crippen molar-refractivity contribution in [1.29, 1.82) is 0 Å². The van der Waals surface area contributed by atoms with E-state index in [1.165, 1.54) is 0 Å². The fourth-order valence-corrected chi connectivity index (χ4v) is 0.970. The van der Waals surface area contributed by atoms with Gasteiger partial charge in [-0.25, -0.2) is 4.98 Å². The number of hydrogen-bond donors (Lipinski definition) is 1. The lowest BCUT2D eigenvalue weighted by molar-refractivity contribution is 0.343. The molecule has 1 aromatic rings. The van der Waals surface area contributed by atoms with Gasteiger partial charge >= 0.3 is 0 Å². The Hall–Kier alpha value is -0.250. The van der Waals surface area contributed by atoms with E-state index in [-0.39, 0.29) is 24.8 Å². The quantitative estimate of drug-likeness (QED) is 0.722. The molecule has 0 bridgehead atoms. The first kappa shape index (κ1) is 10.8. The molecule has 11 heavy (non-hydrogen) atoms. The average Bonchev–Trinajstić information content (AvgIpc) is 2.11. The van der Waals surface area contributed by atoms with Crippen molar-refractivity contribution in [2.24, 2.45) is 0 Å². The van der Waals surface area contributed by atoms with Crippen LogP contribution in [0.1, 0.15) is 6.04 Å². The van der Waals surface area contributed by atoms with Gasteiger partial charge in [0.25, 0.3) is 0 Å². The Kier molecular flexibility index (Phi) is 4.49. The molecule has 1 aromatic heterocycles. The number of halogens is 2. The minimum absolute atomic E-state index is 0. The summed E-state index contributed by atoms with van der Waals surface area (Å²) in [4.78, 5) is 3.96. The van der Waals surface area contributed by atoms with Gasteiger partial charge in [0.05, 0.1) is 12.4 Å². The van der Waals surface area contributed by atoms with Gasteiger partial charge in [0.15, 0.2) is 0 Å². The van der Waals surface area contributed by atoms with Crippen molar-refractivity contribution >= 4 is 24.8 Å². The molecular weight excluding hydrogens is 185 g/mol. The van der Waals surface area contributed by atoms with Gasteiger partial charge in [-0.3, -0.25) is 0 Å². The van der Waals surface area contributed by atoms with Crippen molar-refractivity contribution in [3.63, 3.8) is 0 Å². The third-order valence-corrected chi connectivity index (χ3v) is 1.71. The summed E-state index contributed by atoms with van der Waals surface area (Å²) in [5.41, 5.74) is 0. The van der Waals surface area contributed by atoms with E-state index < -0.39 is 0 Å². The maximum Gasteiger partial charge on any atom is 0.0949 e. The normalized spacial score (nSPS) is 16.0. The van der Waals surface area contributed by atoms with Gasteiger partial charge in [0, 0.05) is 25.5 Å². The largest absolute Gasteiger partial charge is 0.332 e. The van der Waals surface area contributed by atoms with Crippen LogP contribution in [0.2, 0.25) is 0 Å². The van der Waals surface area contributed by atoms with Crippen molar-refractivity contribution in [1.82, 2.24) is 14.9 Å². The third kappa shape index (κ3) is 2.09. The minimum atomic E-state index is 0. The van der Waals surface area contributed by atoms with Crippen LogP contribution in [-0.4, -0.2) is 22.6 Å². The molecule has 2 heterocycles. The van der Waals surface area contributed by atoms with Crippen LogP contribution in [0, 0.1) is 0 Å². The number of nitrogens with one attached hydrogen (secondary N) is 1. The van der Waals surface area contributed by atoms with Crippen LogP contribution >= 0.6 is 24.8 Å². The second-order valence-electron chi connectivity index (χ2n) is 2.32. The summed E-state index contributed by atoms with van der Waals surface area (Å²) >= 11 is 0. The lowest BCUT2D eigenvalue weighted by atomic mass is 10.2. The highest BCUT2D eigenvalue weighted by molar-refractivity contribution is 5.85. The molecule has 0 saturated carbocycles. The highest BCUT2D eigenvalue weighted by Crippen LogP contribution is 2.08. The molecule has 3 nitrogen and oxygen atoms in total. The molecule has 0 aliphatic carbocycles. The summed E-state index contributed by atoms with van der Waals surface area (Å²) in [6.45, 7) is 2.19. The molecule has 2 rings (SSSR count). The van der Waals surface area contributed by atoms with Crippen LogP contribution in [0.25, 0.3) is 0 Å². The Balaban J connectivity index is 0.000000500. The number of aromatic nitrogens is 2. The van der Waals surface area contributed by atoms with Gasteiger partial charge in [0.1, 0.15) is 0 Å². The molecule has 0 spiro atoms. The molecule has 0 atom stereocenters. The first-order chi connectivity index (χ1) is 4.47. The first-order valence-electron chi connectivity index (χ1n) is 3.15. The average molecular weight is 196 g/mol. The van der Waals surface area contributed by atoms with Crippen molar-refractivity contribution in [2.45, 2.75) is 6.04 Å². The van der Waals surface area contributed by atoms with Crippen LogP contribution in [0.4, 0.5) is 0 Å². The summed E-state index contributed by atoms with van der Waals surface area (Å²) in [7, 11) is 0. The molecule has 0 unspecified atom stereocenters. The smallest absolute Gasteiger partial charge is 0.0949 e. The molecule has 1 N–H and O–H groups in total. The van der Waals surface area contributed by atoms with Gasteiger partial charge < -0.3 is 9.88 Å². The molecule has 5 heteroatoms. The highest BCUT2D eigenvalue weighted by Gasteiger charge is 2.16. The number of hydrogen-bond acceptors (Lipinski definition) is 2. The number of imidazole rings is 1. The zero-order chi connectivity index (χ0) is 6.10. The second-order valence-corrected chi connectivity index (χ2v) is 2.32. The van der Waals surface area contributed by atoms with Gasteiger partial charge in [-0.2, -0.15) is 0 Å². The Labute approximate surface area is 78.0 Å². The van der Waals surface area contributed by atoms with Crippen LogP contribution in [0.3, 0.4) is 0 Å². The first-order valence-corrected chi connectivity index (χ1v) is 3.15. The van der Waals surface area contributed by atoms with Gasteiger partial charge in [-0.1, -0.05) is 0 Å². The fourth-order valence-electron chi connectivity index (χ4n) is 0.970. The van der Waals surface area contributed by atoms with Crippen molar-refractivity contribution in [3.05, 3.63) is 18.7 Å². The number of nitrogens with zero attached hydrogens (tertiary/aromatic N) is 2. The molecular formula is C6H11Cl2N3. The lowest BCUT2D eigenvalue weighted by Crippen LogP contribution is -2.42. The monoisotopic (exact) mass is 195 g/mol. The van der Waals surface area contributed by atoms with Gasteiger partial charge in [0.2, 0.25) is 0 Å². The van der Waals surface area contributed by atoms with Crippen molar-refractivity contribution in [2.75, 3.05) is 13.1 Å². The van der Waals surface area contributed by atoms with E-state index in [1.807, 2.05) is 18.7 Å². The number of rotatable bonds is 1. The Morgan fingerprint density at radius 1 is 1.36 bits per heavy atom. The molecule has 1 saturated heterocycles. The molecule has 0 radical (unpaired) electrons. The third-order valence-electron chi connectivity index (χ3n) is 1.71. The Morgan fingerprint density at radius 2 is 2.09 bits per heavy atom. The van der Waals surface area contributed by atoms with Crippen LogP contribution in [0.15, 0.2) is 18.7 Å². The maximum absolute atomic E-state index is 3.96. The lowest BCUT2D eigenvalue weighted by Gasteiger charge is -2.27. The van der Waals surface area contributed by atoms with Gasteiger partial charge in [-0.15, -0.1) is 24.8 Å². The SMILES string of the molecule is Cl.Cl.c1cn(C2CNC2)cn1. The van der Waals surface area contributed by atoms with Crippen molar-refractivity contribution < 1.29 is 0 Å². The Bertz CT molecular complexity index is 184. The highest BCUT2D eigenvalue weighted by atomic mass is 35.5. The molecule has 0 amide bonds.